The molecule has 20 heavy (non-hydrogen) atoms. The highest BCUT2D eigenvalue weighted by Crippen LogP contribution is 2.32. The highest BCUT2D eigenvalue weighted by atomic mass is 32.2. The number of nitrogens with zero attached hydrogens (tertiary/aromatic N) is 1. The van der Waals surface area contributed by atoms with Crippen LogP contribution in [0.2, 0.25) is 0 Å². The summed E-state index contributed by atoms with van der Waals surface area (Å²) >= 11 is 3.75. The van der Waals surface area contributed by atoms with E-state index in [2.05, 4.69) is 15.6 Å². The van der Waals surface area contributed by atoms with Crippen LogP contribution >= 0.6 is 23.1 Å². The molecule has 2 saturated heterocycles. The van der Waals surface area contributed by atoms with Crippen LogP contribution in [0.5, 0.6) is 0 Å². The molecule has 3 heterocycles. The molecule has 0 radical (unpaired) electrons. The molecule has 0 saturated carbocycles. The van der Waals surface area contributed by atoms with Crippen molar-refractivity contribution in [2.24, 2.45) is 5.92 Å². The lowest BCUT2D eigenvalue weighted by atomic mass is 10.0. The first kappa shape index (κ1) is 14.6. The lowest BCUT2D eigenvalue weighted by molar-refractivity contribution is 0.0728. The molecule has 6 heteroatoms. The summed E-state index contributed by atoms with van der Waals surface area (Å²) in [7, 11) is 0. The summed E-state index contributed by atoms with van der Waals surface area (Å²) in [6, 6.07) is 0.545. The highest BCUT2D eigenvalue weighted by molar-refractivity contribution is 8.01. The van der Waals surface area contributed by atoms with E-state index in [9.17, 15) is 0 Å². The number of anilines is 1. The fourth-order valence-electron chi connectivity index (χ4n) is 2.66. The molecule has 0 aliphatic carbocycles. The quantitative estimate of drug-likeness (QED) is 0.819. The normalized spacial score (nSPS) is 24.7. The Hall–Kier alpha value is -0.300. The van der Waals surface area contributed by atoms with E-state index in [0.717, 1.165) is 37.4 Å². The fourth-order valence-corrected chi connectivity index (χ4v) is 4.82. The van der Waals surface area contributed by atoms with Gasteiger partial charge in [0.25, 0.3) is 0 Å². The van der Waals surface area contributed by atoms with E-state index in [4.69, 9.17) is 4.74 Å². The zero-order valence-electron chi connectivity index (χ0n) is 11.8. The van der Waals surface area contributed by atoms with Gasteiger partial charge in [-0.3, -0.25) is 0 Å². The Balaban J connectivity index is 1.43. The van der Waals surface area contributed by atoms with Gasteiger partial charge in [0.2, 0.25) is 0 Å². The van der Waals surface area contributed by atoms with E-state index >= 15 is 0 Å². The lowest BCUT2D eigenvalue weighted by Gasteiger charge is -2.23. The second kappa shape index (κ2) is 7.64. The summed E-state index contributed by atoms with van der Waals surface area (Å²) in [5.41, 5.74) is 0. The van der Waals surface area contributed by atoms with Crippen molar-refractivity contribution in [3.63, 3.8) is 0 Å². The van der Waals surface area contributed by atoms with Crippen LogP contribution in [-0.4, -0.2) is 43.1 Å². The smallest absolute Gasteiger partial charge is 0.183 e. The number of thioether (sulfide) groups is 1. The maximum Gasteiger partial charge on any atom is 0.183 e. The maximum absolute atomic E-state index is 5.41. The fraction of sp³-hybridized carbons (Fsp3) is 0.786. The third-order valence-corrected chi connectivity index (χ3v) is 6.27. The molecule has 112 valence electrons. The van der Waals surface area contributed by atoms with E-state index < -0.39 is 0 Å². The van der Waals surface area contributed by atoms with Gasteiger partial charge >= 0.3 is 0 Å². The van der Waals surface area contributed by atoms with Gasteiger partial charge in [0, 0.05) is 31.6 Å². The number of hydrogen-bond donors (Lipinski definition) is 2. The molecule has 0 aromatic carbocycles. The van der Waals surface area contributed by atoms with Gasteiger partial charge in [-0.25, -0.2) is 4.98 Å². The lowest BCUT2D eigenvalue weighted by Crippen LogP contribution is -2.38. The van der Waals surface area contributed by atoms with E-state index in [1.54, 1.807) is 11.3 Å². The van der Waals surface area contributed by atoms with Crippen molar-refractivity contribution in [1.82, 2.24) is 10.3 Å². The number of thiazole rings is 1. The van der Waals surface area contributed by atoms with Crippen LogP contribution in [0.25, 0.3) is 0 Å². The van der Waals surface area contributed by atoms with Crippen LogP contribution in [0.3, 0.4) is 0 Å². The zero-order chi connectivity index (χ0) is 13.6. The van der Waals surface area contributed by atoms with Gasteiger partial charge in [0.1, 0.15) is 0 Å². The summed E-state index contributed by atoms with van der Waals surface area (Å²) in [5, 5.41) is 8.06. The summed E-state index contributed by atoms with van der Waals surface area (Å²) in [5.74, 6) is 2.02. The molecule has 1 aromatic rings. The van der Waals surface area contributed by atoms with E-state index in [1.807, 2.05) is 18.0 Å². The largest absolute Gasteiger partial charge is 0.381 e. The van der Waals surface area contributed by atoms with Gasteiger partial charge in [0.05, 0.1) is 10.4 Å². The molecule has 2 N–H and O–H groups in total. The monoisotopic (exact) mass is 313 g/mol. The molecule has 2 aliphatic heterocycles. The number of ether oxygens (including phenoxy) is 1. The predicted octanol–water partition coefficient (Wildman–Crippen LogP) is 2.83. The minimum atomic E-state index is 0.545. The second-order valence-electron chi connectivity index (χ2n) is 5.54. The first-order valence-corrected chi connectivity index (χ1v) is 9.34. The molecular weight excluding hydrogens is 290 g/mol. The summed E-state index contributed by atoms with van der Waals surface area (Å²) in [6.07, 6.45) is 6.95. The van der Waals surface area contributed by atoms with Crippen molar-refractivity contribution in [2.45, 2.75) is 35.9 Å². The average Bonchev–Trinajstić information content (AvgIpc) is 2.95. The van der Waals surface area contributed by atoms with Crippen LogP contribution in [0.1, 0.15) is 25.7 Å². The molecule has 0 amide bonds. The Kier molecular flexibility index (Phi) is 5.59. The molecule has 1 atom stereocenters. The van der Waals surface area contributed by atoms with Crippen molar-refractivity contribution in [3.05, 3.63) is 6.20 Å². The van der Waals surface area contributed by atoms with E-state index in [0.29, 0.717) is 6.04 Å². The zero-order valence-corrected chi connectivity index (χ0v) is 13.4. The van der Waals surface area contributed by atoms with Gasteiger partial charge in [-0.05, 0) is 38.1 Å². The Bertz CT molecular complexity index is 401. The molecule has 2 aliphatic rings. The van der Waals surface area contributed by atoms with Crippen LogP contribution < -0.4 is 10.6 Å². The summed E-state index contributed by atoms with van der Waals surface area (Å²) in [6.45, 7) is 4.09. The molecule has 3 rings (SSSR count). The molecule has 1 aromatic heterocycles. The topological polar surface area (TPSA) is 46.2 Å². The average molecular weight is 313 g/mol. The van der Waals surface area contributed by atoms with Gasteiger partial charge in [0.15, 0.2) is 5.13 Å². The van der Waals surface area contributed by atoms with Crippen molar-refractivity contribution < 1.29 is 4.74 Å². The van der Waals surface area contributed by atoms with Gasteiger partial charge in [-0.2, -0.15) is 0 Å². The van der Waals surface area contributed by atoms with E-state index in [1.165, 1.54) is 35.6 Å². The SMILES string of the molecule is c1nc(NC2CCCNC2)sc1SCC1CCOCC1. The number of rotatable bonds is 5. The maximum atomic E-state index is 5.41. The van der Waals surface area contributed by atoms with Gasteiger partial charge in [-0.15, -0.1) is 11.8 Å². The Labute approximate surface area is 129 Å². The standard InChI is InChI=1S/C14H23N3OS2/c1-2-12(8-15-5-1)17-14-16-9-13(20-14)19-10-11-3-6-18-7-4-11/h9,11-12,15H,1-8,10H2,(H,16,17). The Morgan fingerprint density at radius 1 is 1.40 bits per heavy atom. The predicted molar refractivity (Wildman–Crippen MR) is 85.9 cm³/mol. The van der Waals surface area contributed by atoms with E-state index in [-0.39, 0.29) is 0 Å². The first-order valence-electron chi connectivity index (χ1n) is 7.54. The van der Waals surface area contributed by atoms with Crippen LogP contribution in [-0.2, 0) is 4.74 Å². The second-order valence-corrected chi connectivity index (χ2v) is 7.89. The van der Waals surface area contributed by atoms with Crippen LogP contribution in [0.4, 0.5) is 5.13 Å². The Morgan fingerprint density at radius 2 is 2.30 bits per heavy atom. The number of nitrogens with one attached hydrogen (secondary N) is 2. The molecule has 1 unspecified atom stereocenters. The molecule has 2 fully saturated rings. The number of hydrogen-bond acceptors (Lipinski definition) is 6. The van der Waals surface area contributed by atoms with Crippen molar-refractivity contribution in [2.75, 3.05) is 37.4 Å². The molecular formula is C14H23N3OS2. The third kappa shape index (κ3) is 4.35. The minimum absolute atomic E-state index is 0.545. The van der Waals surface area contributed by atoms with Crippen molar-refractivity contribution in [1.29, 1.82) is 0 Å². The summed E-state index contributed by atoms with van der Waals surface area (Å²) < 4.78 is 6.74. The van der Waals surface area contributed by atoms with Gasteiger partial charge in [-0.1, -0.05) is 11.3 Å². The molecule has 0 bridgehead atoms. The molecule has 4 nitrogen and oxygen atoms in total. The van der Waals surface area contributed by atoms with Crippen molar-refractivity contribution >= 4 is 28.2 Å². The Morgan fingerprint density at radius 3 is 3.10 bits per heavy atom. The summed E-state index contributed by atoms with van der Waals surface area (Å²) in [4.78, 5) is 4.51. The van der Waals surface area contributed by atoms with Crippen LogP contribution in [0.15, 0.2) is 10.4 Å². The van der Waals surface area contributed by atoms with Gasteiger partial charge < -0.3 is 15.4 Å². The molecule has 0 spiro atoms. The number of aromatic nitrogens is 1. The highest BCUT2D eigenvalue weighted by Gasteiger charge is 2.16. The number of piperidine rings is 1. The third-order valence-electron chi connectivity index (χ3n) is 3.91. The minimum Gasteiger partial charge on any atom is -0.381 e. The van der Waals surface area contributed by atoms with Crippen LogP contribution in [0, 0.1) is 5.92 Å². The first-order chi connectivity index (χ1) is 9.90. The van der Waals surface area contributed by atoms with Crippen molar-refractivity contribution in [3.8, 4) is 0 Å².